The van der Waals surface area contributed by atoms with Crippen LogP contribution in [0.15, 0.2) is 18.2 Å². The lowest BCUT2D eigenvalue weighted by molar-refractivity contribution is -0.125. The van der Waals surface area contributed by atoms with E-state index in [9.17, 15) is 4.79 Å². The highest BCUT2D eigenvalue weighted by Gasteiger charge is 2.30. The first-order valence-corrected chi connectivity index (χ1v) is 7.23. The summed E-state index contributed by atoms with van der Waals surface area (Å²) in [7, 11) is 1.65. The van der Waals surface area contributed by atoms with Crippen molar-refractivity contribution in [3.63, 3.8) is 0 Å². The number of amides is 1. The van der Waals surface area contributed by atoms with Crippen LogP contribution >= 0.6 is 0 Å². The van der Waals surface area contributed by atoms with Crippen LogP contribution in [0.25, 0.3) is 0 Å². The molecule has 1 amide bonds. The second-order valence-corrected chi connectivity index (χ2v) is 5.59. The molecule has 2 rings (SSSR count). The van der Waals surface area contributed by atoms with Crippen LogP contribution in [0.2, 0.25) is 0 Å². The maximum atomic E-state index is 12.4. The van der Waals surface area contributed by atoms with Gasteiger partial charge in [0.1, 0.15) is 13.2 Å². The molecule has 1 heterocycles. The third-order valence-corrected chi connectivity index (χ3v) is 3.64. The van der Waals surface area contributed by atoms with Crippen molar-refractivity contribution in [2.24, 2.45) is 0 Å². The summed E-state index contributed by atoms with van der Waals surface area (Å²) >= 11 is 0. The summed E-state index contributed by atoms with van der Waals surface area (Å²) in [5, 5.41) is 2.95. The summed E-state index contributed by atoms with van der Waals surface area (Å²) < 4.78 is 16.1. The molecule has 21 heavy (non-hydrogen) atoms. The molecule has 0 fully saturated rings. The number of benzene rings is 1. The van der Waals surface area contributed by atoms with E-state index >= 15 is 0 Å². The first kappa shape index (κ1) is 15.6. The Morgan fingerprint density at radius 2 is 2.00 bits per heavy atom. The molecule has 1 aliphatic heterocycles. The standard InChI is InChI=1S/C16H23NO4/c1-16(2,15(18)17-7-4-8-19-3)12-5-6-13-14(11-12)21-10-9-20-13/h5-6,11H,4,7-10H2,1-3H3,(H,17,18). The average molecular weight is 293 g/mol. The van der Waals surface area contributed by atoms with E-state index in [4.69, 9.17) is 14.2 Å². The second-order valence-electron chi connectivity index (χ2n) is 5.59. The molecule has 0 aliphatic carbocycles. The fourth-order valence-corrected chi connectivity index (χ4v) is 2.20. The van der Waals surface area contributed by atoms with Gasteiger partial charge in [-0.2, -0.15) is 0 Å². The Kier molecular flexibility index (Phi) is 5.07. The molecule has 1 aliphatic rings. The number of rotatable bonds is 6. The van der Waals surface area contributed by atoms with Gasteiger partial charge in [-0.3, -0.25) is 4.79 Å². The Morgan fingerprint density at radius 3 is 2.71 bits per heavy atom. The van der Waals surface area contributed by atoms with Gasteiger partial charge in [0.2, 0.25) is 5.91 Å². The van der Waals surface area contributed by atoms with Crippen LogP contribution in [-0.2, 0) is 14.9 Å². The molecule has 0 atom stereocenters. The van der Waals surface area contributed by atoms with Crippen LogP contribution < -0.4 is 14.8 Å². The Morgan fingerprint density at radius 1 is 1.29 bits per heavy atom. The van der Waals surface area contributed by atoms with Crippen molar-refractivity contribution in [2.45, 2.75) is 25.7 Å². The van der Waals surface area contributed by atoms with E-state index in [1.165, 1.54) is 0 Å². The lowest BCUT2D eigenvalue weighted by atomic mass is 9.83. The number of nitrogens with one attached hydrogen (secondary N) is 1. The van der Waals surface area contributed by atoms with Gasteiger partial charge >= 0.3 is 0 Å². The van der Waals surface area contributed by atoms with E-state index in [1.807, 2.05) is 32.0 Å². The van der Waals surface area contributed by atoms with E-state index in [1.54, 1.807) is 7.11 Å². The molecule has 0 aromatic heterocycles. The van der Waals surface area contributed by atoms with Crippen molar-refractivity contribution < 1.29 is 19.0 Å². The normalized spacial score (nSPS) is 13.9. The molecule has 0 spiro atoms. The zero-order valence-corrected chi connectivity index (χ0v) is 12.9. The number of hydrogen-bond acceptors (Lipinski definition) is 4. The molecular weight excluding hydrogens is 270 g/mol. The number of carbonyl (C=O) groups is 1. The summed E-state index contributed by atoms with van der Waals surface area (Å²) in [6, 6.07) is 5.68. The fraction of sp³-hybridized carbons (Fsp3) is 0.562. The van der Waals surface area contributed by atoms with Crippen LogP contribution in [0.3, 0.4) is 0 Å². The van der Waals surface area contributed by atoms with Crippen molar-refractivity contribution in [1.29, 1.82) is 0 Å². The van der Waals surface area contributed by atoms with Gasteiger partial charge < -0.3 is 19.5 Å². The van der Waals surface area contributed by atoms with Gasteiger partial charge in [-0.15, -0.1) is 0 Å². The molecule has 5 heteroatoms. The molecule has 5 nitrogen and oxygen atoms in total. The largest absolute Gasteiger partial charge is 0.486 e. The van der Waals surface area contributed by atoms with Crippen LogP contribution in [0.4, 0.5) is 0 Å². The highest BCUT2D eigenvalue weighted by molar-refractivity contribution is 5.87. The predicted octanol–water partition coefficient (Wildman–Crippen LogP) is 1.89. The molecule has 0 saturated carbocycles. The third kappa shape index (κ3) is 3.67. The van der Waals surface area contributed by atoms with Crippen LogP contribution in [0, 0.1) is 0 Å². The first-order chi connectivity index (χ1) is 10.1. The van der Waals surface area contributed by atoms with Gasteiger partial charge in [-0.25, -0.2) is 0 Å². The quantitative estimate of drug-likeness (QED) is 0.814. The summed E-state index contributed by atoms with van der Waals surface area (Å²) in [6.45, 7) is 6.18. The first-order valence-electron chi connectivity index (χ1n) is 7.23. The lowest BCUT2D eigenvalue weighted by Crippen LogP contribution is -2.40. The molecule has 1 aromatic rings. The van der Waals surface area contributed by atoms with Gasteiger partial charge in [0.25, 0.3) is 0 Å². The molecule has 116 valence electrons. The van der Waals surface area contributed by atoms with Gasteiger partial charge in [0, 0.05) is 20.3 Å². The molecule has 1 N–H and O–H groups in total. The summed E-state index contributed by atoms with van der Waals surface area (Å²) in [5.41, 5.74) is 0.291. The monoisotopic (exact) mass is 293 g/mol. The van der Waals surface area contributed by atoms with Gasteiger partial charge in [0.15, 0.2) is 11.5 Å². The number of methoxy groups -OCH3 is 1. The Labute approximate surface area is 125 Å². The van der Waals surface area contributed by atoms with E-state index < -0.39 is 5.41 Å². The summed E-state index contributed by atoms with van der Waals surface area (Å²) in [5.74, 6) is 1.44. The van der Waals surface area contributed by atoms with E-state index in [0.29, 0.717) is 32.1 Å². The van der Waals surface area contributed by atoms with E-state index in [0.717, 1.165) is 17.7 Å². The van der Waals surface area contributed by atoms with Crippen LogP contribution in [0.1, 0.15) is 25.8 Å². The van der Waals surface area contributed by atoms with Crippen molar-refractivity contribution in [3.05, 3.63) is 23.8 Å². The number of ether oxygens (including phenoxy) is 3. The molecule has 0 saturated heterocycles. The van der Waals surface area contributed by atoms with Crippen molar-refractivity contribution in [1.82, 2.24) is 5.32 Å². The smallest absolute Gasteiger partial charge is 0.230 e. The minimum absolute atomic E-state index is 0.00437. The number of fused-ring (bicyclic) bond motifs is 1. The maximum Gasteiger partial charge on any atom is 0.230 e. The SMILES string of the molecule is COCCCNC(=O)C(C)(C)c1ccc2c(c1)OCCO2. The zero-order chi connectivity index (χ0) is 15.3. The Bertz CT molecular complexity index is 499. The highest BCUT2D eigenvalue weighted by atomic mass is 16.6. The van der Waals surface area contributed by atoms with E-state index in [-0.39, 0.29) is 5.91 Å². The Hall–Kier alpha value is -1.75. The Balaban J connectivity index is 2.05. The highest BCUT2D eigenvalue weighted by Crippen LogP contribution is 2.35. The summed E-state index contributed by atoms with van der Waals surface area (Å²) in [4.78, 5) is 12.4. The molecule has 1 aromatic carbocycles. The second kappa shape index (κ2) is 6.80. The molecular formula is C16H23NO4. The van der Waals surface area contributed by atoms with Crippen LogP contribution in [0.5, 0.6) is 11.5 Å². The van der Waals surface area contributed by atoms with Crippen molar-refractivity contribution >= 4 is 5.91 Å². The predicted molar refractivity (Wildman–Crippen MR) is 80.0 cm³/mol. The van der Waals surface area contributed by atoms with Gasteiger partial charge in [-0.05, 0) is 38.0 Å². The molecule has 0 unspecified atom stereocenters. The summed E-state index contributed by atoms with van der Waals surface area (Å²) in [6.07, 6.45) is 0.805. The molecule has 0 radical (unpaired) electrons. The zero-order valence-electron chi connectivity index (χ0n) is 12.9. The average Bonchev–Trinajstić information content (AvgIpc) is 2.50. The topological polar surface area (TPSA) is 56.8 Å². The maximum absolute atomic E-state index is 12.4. The van der Waals surface area contributed by atoms with E-state index in [2.05, 4.69) is 5.32 Å². The number of carbonyl (C=O) groups excluding carboxylic acids is 1. The van der Waals surface area contributed by atoms with Crippen LogP contribution in [-0.4, -0.2) is 39.4 Å². The van der Waals surface area contributed by atoms with Crippen molar-refractivity contribution in [3.8, 4) is 11.5 Å². The molecule has 0 bridgehead atoms. The third-order valence-electron chi connectivity index (χ3n) is 3.64. The van der Waals surface area contributed by atoms with Gasteiger partial charge in [0.05, 0.1) is 5.41 Å². The van der Waals surface area contributed by atoms with Crippen molar-refractivity contribution in [2.75, 3.05) is 33.5 Å². The number of hydrogen-bond donors (Lipinski definition) is 1. The fourth-order valence-electron chi connectivity index (χ4n) is 2.20. The minimum atomic E-state index is -0.622. The van der Waals surface area contributed by atoms with Gasteiger partial charge in [-0.1, -0.05) is 6.07 Å². The minimum Gasteiger partial charge on any atom is -0.486 e. The lowest BCUT2D eigenvalue weighted by Gasteiger charge is -2.26.